The molecule has 0 unspecified atom stereocenters. The average molecular weight is 212 g/mol. The largest absolute Gasteiger partial charge is 0.361 e. The first kappa shape index (κ1) is 12.7. The van der Waals surface area contributed by atoms with E-state index in [-0.39, 0.29) is 12.2 Å². The number of unbranched alkanes of at least 4 members (excludes halogenated alkanes) is 5. The molecule has 0 radical (unpaired) electrons. The zero-order valence-corrected chi connectivity index (χ0v) is 10.1. The van der Waals surface area contributed by atoms with Gasteiger partial charge < -0.3 is 4.74 Å². The first-order valence-electron chi connectivity index (χ1n) is 6.47. The topological polar surface area (TPSA) is 29.6 Å². The van der Waals surface area contributed by atoms with Gasteiger partial charge >= 0.3 is 0 Å². The van der Waals surface area contributed by atoms with Gasteiger partial charge in [0.05, 0.1) is 6.10 Å². The van der Waals surface area contributed by atoms with Crippen LogP contribution in [0.25, 0.3) is 0 Å². The smallest absolute Gasteiger partial charge is 0.164 e. The quantitative estimate of drug-likeness (QED) is 0.432. The highest BCUT2D eigenvalue weighted by molar-refractivity contribution is 5.85. The van der Waals surface area contributed by atoms with E-state index < -0.39 is 0 Å². The Morgan fingerprint density at radius 2 is 1.73 bits per heavy atom. The summed E-state index contributed by atoms with van der Waals surface area (Å²) in [5.74, 6) is 0.331. The van der Waals surface area contributed by atoms with Crippen LogP contribution in [-0.2, 0) is 9.53 Å². The maximum absolute atomic E-state index is 11.5. The lowest BCUT2D eigenvalue weighted by atomic mass is 10.1. The van der Waals surface area contributed by atoms with Gasteiger partial charge in [0.25, 0.3) is 0 Å². The Labute approximate surface area is 93.4 Å². The fraction of sp³-hybridized carbons (Fsp3) is 0.923. The standard InChI is InChI=1S/C13H24O2/c1-3-5-6-7-8-9-10-11(14)13-12(4-2)15-13/h12-13H,3-10H2,1-2H3/t12-,13-/m1/s1. The Morgan fingerprint density at radius 1 is 1.07 bits per heavy atom. The molecule has 1 rings (SSSR count). The van der Waals surface area contributed by atoms with E-state index in [9.17, 15) is 4.79 Å². The summed E-state index contributed by atoms with van der Waals surface area (Å²) in [4.78, 5) is 11.5. The number of carbonyl (C=O) groups excluding carboxylic acids is 1. The fourth-order valence-electron chi connectivity index (χ4n) is 1.96. The maximum atomic E-state index is 11.5. The third-order valence-electron chi connectivity index (χ3n) is 3.08. The van der Waals surface area contributed by atoms with Crippen molar-refractivity contribution in [1.82, 2.24) is 0 Å². The van der Waals surface area contributed by atoms with Gasteiger partial charge in [0.15, 0.2) is 5.78 Å². The molecule has 0 aromatic rings. The second-order valence-corrected chi connectivity index (χ2v) is 4.49. The van der Waals surface area contributed by atoms with Crippen molar-refractivity contribution < 1.29 is 9.53 Å². The molecule has 0 aliphatic carbocycles. The molecule has 0 N–H and O–H groups in total. The van der Waals surface area contributed by atoms with Gasteiger partial charge in [-0.05, 0) is 12.8 Å². The summed E-state index contributed by atoms with van der Waals surface area (Å²) in [6, 6.07) is 0. The minimum absolute atomic E-state index is 0.0364. The van der Waals surface area contributed by atoms with E-state index in [1.54, 1.807) is 0 Å². The van der Waals surface area contributed by atoms with E-state index in [0.29, 0.717) is 5.78 Å². The number of ether oxygens (including phenoxy) is 1. The van der Waals surface area contributed by atoms with Crippen molar-refractivity contribution in [3.05, 3.63) is 0 Å². The molecular weight excluding hydrogens is 188 g/mol. The van der Waals surface area contributed by atoms with E-state index in [2.05, 4.69) is 13.8 Å². The molecule has 2 nitrogen and oxygen atoms in total. The predicted octanol–water partition coefficient (Wildman–Crippen LogP) is 3.48. The first-order chi connectivity index (χ1) is 7.29. The second kappa shape index (κ2) is 7.00. The molecule has 1 aliphatic rings. The number of epoxide rings is 1. The molecule has 0 saturated carbocycles. The summed E-state index contributed by atoms with van der Waals surface area (Å²) >= 11 is 0. The number of hydrogen-bond acceptors (Lipinski definition) is 2. The molecule has 1 fully saturated rings. The van der Waals surface area contributed by atoms with Crippen molar-refractivity contribution in [3.8, 4) is 0 Å². The Hall–Kier alpha value is -0.370. The van der Waals surface area contributed by atoms with E-state index in [0.717, 1.165) is 19.3 Å². The zero-order valence-electron chi connectivity index (χ0n) is 10.1. The van der Waals surface area contributed by atoms with E-state index in [4.69, 9.17) is 4.74 Å². The van der Waals surface area contributed by atoms with Gasteiger partial charge in [0.2, 0.25) is 0 Å². The summed E-state index contributed by atoms with van der Waals surface area (Å²) in [6.07, 6.45) is 9.40. The van der Waals surface area contributed by atoms with Crippen LogP contribution in [0.3, 0.4) is 0 Å². The van der Waals surface area contributed by atoms with Gasteiger partial charge in [-0.3, -0.25) is 4.79 Å². The maximum Gasteiger partial charge on any atom is 0.164 e. The first-order valence-corrected chi connectivity index (χ1v) is 6.47. The van der Waals surface area contributed by atoms with Crippen molar-refractivity contribution in [3.63, 3.8) is 0 Å². The van der Waals surface area contributed by atoms with Gasteiger partial charge in [-0.15, -0.1) is 0 Å². The summed E-state index contributed by atoms with van der Waals surface area (Å²) in [7, 11) is 0. The van der Waals surface area contributed by atoms with E-state index >= 15 is 0 Å². The number of hydrogen-bond donors (Lipinski definition) is 0. The Balaban J connectivity index is 1.90. The third kappa shape index (κ3) is 4.78. The van der Waals surface area contributed by atoms with Crippen LogP contribution in [0.1, 0.15) is 65.2 Å². The normalized spacial score (nSPS) is 24.1. The van der Waals surface area contributed by atoms with Crippen molar-refractivity contribution in [1.29, 1.82) is 0 Å². The van der Waals surface area contributed by atoms with Crippen LogP contribution in [-0.4, -0.2) is 18.0 Å². The number of ketones is 1. The van der Waals surface area contributed by atoms with Gasteiger partial charge in [0, 0.05) is 6.42 Å². The lowest BCUT2D eigenvalue weighted by Gasteiger charge is -1.99. The molecule has 88 valence electrons. The van der Waals surface area contributed by atoms with Gasteiger partial charge in [0.1, 0.15) is 6.10 Å². The fourth-order valence-corrected chi connectivity index (χ4v) is 1.96. The van der Waals surface area contributed by atoms with Crippen LogP contribution in [0.5, 0.6) is 0 Å². The van der Waals surface area contributed by atoms with Crippen LogP contribution in [0.4, 0.5) is 0 Å². The minimum atomic E-state index is -0.0364. The highest BCUT2D eigenvalue weighted by Crippen LogP contribution is 2.27. The lowest BCUT2D eigenvalue weighted by molar-refractivity contribution is -0.120. The number of rotatable bonds is 9. The van der Waals surface area contributed by atoms with Crippen LogP contribution in [0.15, 0.2) is 0 Å². The van der Waals surface area contributed by atoms with Crippen LogP contribution >= 0.6 is 0 Å². The number of carbonyl (C=O) groups is 1. The molecule has 1 aliphatic heterocycles. The van der Waals surface area contributed by atoms with Crippen molar-refractivity contribution >= 4 is 5.78 Å². The molecule has 15 heavy (non-hydrogen) atoms. The minimum Gasteiger partial charge on any atom is -0.361 e. The SMILES string of the molecule is CCCCCCCCC(=O)[C@H]1O[C@@H]1CC. The molecule has 2 heteroatoms. The van der Waals surface area contributed by atoms with Crippen LogP contribution in [0.2, 0.25) is 0 Å². The highest BCUT2D eigenvalue weighted by atomic mass is 16.6. The molecule has 0 aromatic carbocycles. The van der Waals surface area contributed by atoms with Crippen molar-refractivity contribution in [2.24, 2.45) is 0 Å². The van der Waals surface area contributed by atoms with Crippen LogP contribution in [0, 0.1) is 0 Å². The Bertz CT molecular complexity index is 189. The van der Waals surface area contributed by atoms with Gasteiger partial charge in [-0.25, -0.2) is 0 Å². The molecule has 1 saturated heterocycles. The molecular formula is C13H24O2. The van der Waals surface area contributed by atoms with E-state index in [1.807, 2.05) is 0 Å². The summed E-state index contributed by atoms with van der Waals surface area (Å²) in [5, 5.41) is 0. The summed E-state index contributed by atoms with van der Waals surface area (Å²) in [6.45, 7) is 4.29. The van der Waals surface area contributed by atoms with Crippen molar-refractivity contribution in [2.45, 2.75) is 77.4 Å². The van der Waals surface area contributed by atoms with Gasteiger partial charge in [-0.1, -0.05) is 46.0 Å². The monoisotopic (exact) mass is 212 g/mol. The Kier molecular flexibility index (Phi) is 5.92. The van der Waals surface area contributed by atoms with Crippen molar-refractivity contribution in [2.75, 3.05) is 0 Å². The summed E-state index contributed by atoms with van der Waals surface area (Å²) < 4.78 is 5.27. The molecule has 0 bridgehead atoms. The van der Waals surface area contributed by atoms with E-state index in [1.165, 1.54) is 32.1 Å². The molecule has 0 spiro atoms. The second-order valence-electron chi connectivity index (χ2n) is 4.49. The molecule has 0 aromatic heterocycles. The lowest BCUT2D eigenvalue weighted by Crippen LogP contribution is -2.09. The number of Topliss-reactive ketones (excluding diaryl/α,β-unsaturated/α-hetero) is 1. The molecule has 1 heterocycles. The molecule has 2 atom stereocenters. The highest BCUT2D eigenvalue weighted by Gasteiger charge is 2.42. The molecule has 0 amide bonds. The Morgan fingerprint density at radius 3 is 2.33 bits per heavy atom. The predicted molar refractivity (Wildman–Crippen MR) is 62.0 cm³/mol. The zero-order chi connectivity index (χ0) is 11.1. The van der Waals surface area contributed by atoms with Gasteiger partial charge in [-0.2, -0.15) is 0 Å². The average Bonchev–Trinajstić information content (AvgIpc) is 3.02. The summed E-state index contributed by atoms with van der Waals surface area (Å²) in [5.41, 5.74) is 0. The third-order valence-corrected chi connectivity index (χ3v) is 3.08. The van der Waals surface area contributed by atoms with Crippen LogP contribution < -0.4 is 0 Å².